The molecular weight excluding hydrogens is 422 g/mol. The summed E-state index contributed by atoms with van der Waals surface area (Å²) in [5, 5.41) is 12.7. The number of hydrogen-bond donors (Lipinski definition) is 1. The largest absolute Gasteiger partial charge is 0.493 e. The predicted molar refractivity (Wildman–Crippen MR) is 127 cm³/mol. The van der Waals surface area contributed by atoms with Crippen molar-refractivity contribution in [2.24, 2.45) is 0 Å². The number of carbonyl (C=O) groups excluding carboxylic acids is 1. The Labute approximate surface area is 192 Å². The van der Waals surface area contributed by atoms with Crippen LogP contribution < -0.4 is 14.8 Å². The van der Waals surface area contributed by atoms with Crippen LogP contribution in [-0.2, 0) is 11.2 Å². The molecule has 2 aromatic carbocycles. The van der Waals surface area contributed by atoms with Crippen molar-refractivity contribution in [1.29, 1.82) is 5.26 Å². The van der Waals surface area contributed by atoms with Gasteiger partial charge in [-0.15, -0.1) is 11.3 Å². The Morgan fingerprint density at radius 2 is 2.03 bits per heavy atom. The minimum Gasteiger partial charge on any atom is -0.493 e. The van der Waals surface area contributed by atoms with Gasteiger partial charge >= 0.3 is 0 Å². The number of aromatic nitrogens is 1. The standard InChI is InChI=1S/C25H25N3O3S/c1-3-4-12-31-22-11-10-19(15-23(22)30-2)13-20(16-26)24(29)28-25-27-17-21(32-25)14-18-8-6-5-7-9-18/h5-11,13,15,17H,3-4,12,14H2,1-2H3,(H,27,28,29). The Morgan fingerprint density at radius 1 is 1.22 bits per heavy atom. The van der Waals surface area contributed by atoms with Crippen LogP contribution in [0.4, 0.5) is 5.13 Å². The molecule has 0 saturated carbocycles. The van der Waals surface area contributed by atoms with E-state index in [0.717, 1.165) is 24.1 Å². The van der Waals surface area contributed by atoms with Crippen molar-refractivity contribution in [2.75, 3.05) is 19.0 Å². The molecule has 0 saturated heterocycles. The molecule has 1 N–H and O–H groups in total. The predicted octanol–water partition coefficient (Wildman–Crippen LogP) is 5.47. The Kier molecular flexibility index (Phi) is 8.41. The molecule has 0 aliphatic rings. The molecule has 0 unspecified atom stereocenters. The zero-order valence-electron chi connectivity index (χ0n) is 18.1. The van der Waals surface area contributed by atoms with Gasteiger partial charge in [-0.05, 0) is 35.8 Å². The maximum absolute atomic E-state index is 12.6. The quantitative estimate of drug-likeness (QED) is 0.253. The topological polar surface area (TPSA) is 84.2 Å². The van der Waals surface area contributed by atoms with E-state index >= 15 is 0 Å². The number of methoxy groups -OCH3 is 1. The van der Waals surface area contributed by atoms with Gasteiger partial charge in [0.2, 0.25) is 0 Å². The van der Waals surface area contributed by atoms with Gasteiger partial charge in [-0.2, -0.15) is 5.26 Å². The van der Waals surface area contributed by atoms with Gasteiger partial charge in [0.25, 0.3) is 5.91 Å². The zero-order valence-corrected chi connectivity index (χ0v) is 18.9. The number of anilines is 1. The van der Waals surface area contributed by atoms with E-state index in [1.807, 2.05) is 36.4 Å². The second-order valence-corrected chi connectivity index (χ2v) is 8.15. The van der Waals surface area contributed by atoms with Gasteiger partial charge < -0.3 is 9.47 Å². The average molecular weight is 448 g/mol. The minimum atomic E-state index is -0.504. The molecule has 3 aromatic rings. The molecular formula is C25H25N3O3S. The SMILES string of the molecule is CCCCOc1ccc(C=C(C#N)C(=O)Nc2ncc(Cc3ccccc3)s2)cc1OC. The molecule has 1 heterocycles. The Hall–Kier alpha value is -3.63. The second-order valence-electron chi connectivity index (χ2n) is 7.03. The molecule has 7 heteroatoms. The normalized spacial score (nSPS) is 11.0. The summed E-state index contributed by atoms with van der Waals surface area (Å²) in [5.41, 5.74) is 1.81. The molecule has 0 bridgehead atoms. The fourth-order valence-corrected chi connectivity index (χ4v) is 3.79. The summed E-state index contributed by atoms with van der Waals surface area (Å²) in [6.07, 6.45) is 5.99. The van der Waals surface area contributed by atoms with E-state index in [9.17, 15) is 10.1 Å². The lowest BCUT2D eigenvalue weighted by molar-refractivity contribution is -0.112. The summed E-state index contributed by atoms with van der Waals surface area (Å²) < 4.78 is 11.1. The third-order valence-electron chi connectivity index (χ3n) is 4.61. The molecule has 164 valence electrons. The van der Waals surface area contributed by atoms with Crippen LogP contribution in [0.2, 0.25) is 0 Å². The highest BCUT2D eigenvalue weighted by atomic mass is 32.1. The number of thiazole rings is 1. The van der Waals surface area contributed by atoms with E-state index < -0.39 is 5.91 Å². The number of unbranched alkanes of at least 4 members (excludes halogenated alkanes) is 1. The Morgan fingerprint density at radius 3 is 2.75 bits per heavy atom. The number of ether oxygens (including phenoxy) is 2. The summed E-state index contributed by atoms with van der Waals surface area (Å²) >= 11 is 1.39. The monoisotopic (exact) mass is 447 g/mol. The Bertz CT molecular complexity index is 1120. The first kappa shape index (κ1) is 23.0. The molecule has 0 atom stereocenters. The number of nitrogens with zero attached hydrogens (tertiary/aromatic N) is 2. The molecule has 0 aliphatic carbocycles. The maximum atomic E-state index is 12.6. The number of amides is 1. The van der Waals surface area contributed by atoms with E-state index in [0.29, 0.717) is 28.8 Å². The van der Waals surface area contributed by atoms with Crippen molar-refractivity contribution < 1.29 is 14.3 Å². The van der Waals surface area contributed by atoms with Crippen molar-refractivity contribution in [3.05, 3.63) is 76.3 Å². The number of carbonyl (C=O) groups is 1. The molecule has 32 heavy (non-hydrogen) atoms. The fraction of sp³-hybridized carbons (Fsp3) is 0.240. The van der Waals surface area contributed by atoms with Crippen molar-refractivity contribution in [3.8, 4) is 17.6 Å². The third kappa shape index (κ3) is 6.43. The minimum absolute atomic E-state index is 0.0217. The van der Waals surface area contributed by atoms with Crippen LogP contribution in [0.5, 0.6) is 11.5 Å². The lowest BCUT2D eigenvalue weighted by atomic mass is 10.1. The summed E-state index contributed by atoms with van der Waals surface area (Å²) in [6, 6.07) is 17.3. The lowest BCUT2D eigenvalue weighted by Gasteiger charge is -2.11. The fourth-order valence-electron chi connectivity index (χ4n) is 2.94. The smallest absolute Gasteiger partial charge is 0.268 e. The van der Waals surface area contributed by atoms with E-state index in [4.69, 9.17) is 9.47 Å². The highest BCUT2D eigenvalue weighted by Crippen LogP contribution is 2.29. The lowest BCUT2D eigenvalue weighted by Crippen LogP contribution is -2.13. The highest BCUT2D eigenvalue weighted by molar-refractivity contribution is 7.15. The number of nitriles is 1. The zero-order chi connectivity index (χ0) is 22.8. The first-order valence-electron chi connectivity index (χ1n) is 10.4. The first-order chi connectivity index (χ1) is 15.6. The highest BCUT2D eigenvalue weighted by Gasteiger charge is 2.13. The van der Waals surface area contributed by atoms with Crippen molar-refractivity contribution in [1.82, 2.24) is 4.98 Å². The summed E-state index contributed by atoms with van der Waals surface area (Å²) in [7, 11) is 1.56. The molecule has 1 aromatic heterocycles. The summed E-state index contributed by atoms with van der Waals surface area (Å²) in [4.78, 5) is 17.9. The van der Waals surface area contributed by atoms with Gasteiger partial charge in [-0.1, -0.05) is 49.7 Å². The van der Waals surface area contributed by atoms with Crippen LogP contribution in [-0.4, -0.2) is 24.6 Å². The van der Waals surface area contributed by atoms with Crippen LogP contribution in [0, 0.1) is 11.3 Å². The first-order valence-corrected chi connectivity index (χ1v) is 11.2. The van der Waals surface area contributed by atoms with Crippen LogP contribution >= 0.6 is 11.3 Å². The number of hydrogen-bond acceptors (Lipinski definition) is 6. The number of rotatable bonds is 10. The van der Waals surface area contributed by atoms with Crippen molar-refractivity contribution in [2.45, 2.75) is 26.2 Å². The van der Waals surface area contributed by atoms with Gasteiger partial charge in [0.15, 0.2) is 16.6 Å². The van der Waals surface area contributed by atoms with Crippen LogP contribution in [0.3, 0.4) is 0 Å². The number of nitrogens with one attached hydrogen (secondary N) is 1. The van der Waals surface area contributed by atoms with Gasteiger partial charge in [-0.3, -0.25) is 10.1 Å². The number of benzene rings is 2. The van der Waals surface area contributed by atoms with E-state index in [2.05, 4.69) is 17.2 Å². The van der Waals surface area contributed by atoms with E-state index in [-0.39, 0.29) is 5.57 Å². The molecule has 6 nitrogen and oxygen atoms in total. The van der Waals surface area contributed by atoms with Crippen molar-refractivity contribution in [3.63, 3.8) is 0 Å². The van der Waals surface area contributed by atoms with Gasteiger partial charge in [-0.25, -0.2) is 4.98 Å². The molecule has 0 aliphatic heterocycles. The van der Waals surface area contributed by atoms with Gasteiger partial charge in [0.05, 0.1) is 13.7 Å². The molecule has 0 radical (unpaired) electrons. The van der Waals surface area contributed by atoms with Gasteiger partial charge in [0, 0.05) is 17.5 Å². The summed E-state index contributed by atoms with van der Waals surface area (Å²) in [6.45, 7) is 2.70. The Balaban J connectivity index is 1.68. The van der Waals surface area contributed by atoms with Crippen molar-refractivity contribution >= 4 is 28.5 Å². The van der Waals surface area contributed by atoms with E-state index in [1.54, 1.807) is 31.5 Å². The molecule has 0 spiro atoms. The molecule has 0 fully saturated rings. The molecule has 3 rings (SSSR count). The third-order valence-corrected chi connectivity index (χ3v) is 5.53. The van der Waals surface area contributed by atoms with Gasteiger partial charge in [0.1, 0.15) is 11.6 Å². The second kappa shape index (κ2) is 11.7. The maximum Gasteiger partial charge on any atom is 0.268 e. The van der Waals surface area contributed by atoms with Crippen LogP contribution in [0.1, 0.15) is 35.8 Å². The van der Waals surface area contributed by atoms with Crippen LogP contribution in [0.15, 0.2) is 60.3 Å². The average Bonchev–Trinajstić information content (AvgIpc) is 3.25. The van der Waals surface area contributed by atoms with Crippen LogP contribution in [0.25, 0.3) is 6.08 Å². The summed E-state index contributed by atoms with van der Waals surface area (Å²) in [5.74, 6) is 0.683. The molecule has 1 amide bonds. The van der Waals surface area contributed by atoms with E-state index in [1.165, 1.54) is 23.0 Å².